The van der Waals surface area contributed by atoms with Crippen LogP contribution in [0.2, 0.25) is 0 Å². The van der Waals surface area contributed by atoms with Crippen LogP contribution >= 0.6 is 0 Å². The largest absolute Gasteiger partial charge is 0.573 e. The molecule has 0 fully saturated rings. The smallest absolute Gasteiger partial charge is 0.403 e. The molecule has 1 heterocycles. The summed E-state index contributed by atoms with van der Waals surface area (Å²) in [4.78, 5) is 3.50. The number of nitriles is 1. The molecule has 0 atom stereocenters. The third-order valence-electron chi connectivity index (χ3n) is 1.44. The van der Waals surface area contributed by atoms with Gasteiger partial charge in [0.1, 0.15) is 11.6 Å². The van der Waals surface area contributed by atoms with Gasteiger partial charge >= 0.3 is 6.36 Å². The minimum atomic E-state index is -4.80. The molecule has 74 valence electrons. The predicted octanol–water partition coefficient (Wildman–Crippen LogP) is 2.16. The maximum absolute atomic E-state index is 11.8. The number of halogens is 3. The van der Waals surface area contributed by atoms with E-state index in [1.165, 1.54) is 13.1 Å². The molecule has 0 radical (unpaired) electrons. The molecule has 0 bridgehead atoms. The maximum atomic E-state index is 11.8. The van der Waals surface area contributed by atoms with E-state index in [0.717, 1.165) is 6.20 Å². The lowest BCUT2D eigenvalue weighted by atomic mass is 10.2. The van der Waals surface area contributed by atoms with Crippen molar-refractivity contribution < 1.29 is 17.9 Å². The van der Waals surface area contributed by atoms with E-state index < -0.39 is 12.1 Å². The van der Waals surface area contributed by atoms with Crippen molar-refractivity contribution in [2.75, 3.05) is 0 Å². The molecule has 0 saturated heterocycles. The van der Waals surface area contributed by atoms with Gasteiger partial charge in [0.25, 0.3) is 0 Å². The lowest BCUT2D eigenvalue weighted by molar-refractivity contribution is -0.274. The summed E-state index contributed by atoms with van der Waals surface area (Å²) in [5, 5.41) is 8.57. The summed E-state index contributed by atoms with van der Waals surface area (Å²) in [5.74, 6) is -0.569. The Morgan fingerprint density at radius 2 is 2.07 bits per heavy atom. The summed E-state index contributed by atoms with van der Waals surface area (Å²) in [6, 6.07) is 1.62. The monoisotopic (exact) mass is 202 g/mol. The van der Waals surface area contributed by atoms with Crippen LogP contribution in [-0.2, 0) is 0 Å². The van der Waals surface area contributed by atoms with E-state index >= 15 is 0 Å². The van der Waals surface area contributed by atoms with Crippen LogP contribution in [0.5, 0.6) is 5.75 Å². The Balaban J connectivity index is 3.10. The van der Waals surface area contributed by atoms with Crippen molar-refractivity contribution in [1.82, 2.24) is 4.98 Å². The van der Waals surface area contributed by atoms with Crippen molar-refractivity contribution in [2.24, 2.45) is 0 Å². The van der Waals surface area contributed by atoms with E-state index in [1.807, 2.05) is 0 Å². The Kier molecular flexibility index (Phi) is 2.60. The number of rotatable bonds is 1. The fourth-order valence-corrected chi connectivity index (χ4v) is 0.886. The Morgan fingerprint density at radius 1 is 1.43 bits per heavy atom. The number of pyridine rings is 1. The van der Waals surface area contributed by atoms with Crippen LogP contribution in [0.1, 0.15) is 11.1 Å². The topological polar surface area (TPSA) is 45.9 Å². The molecular weight excluding hydrogens is 197 g/mol. The van der Waals surface area contributed by atoms with E-state index in [4.69, 9.17) is 5.26 Å². The summed E-state index contributed by atoms with van der Waals surface area (Å²) < 4.78 is 39.1. The van der Waals surface area contributed by atoms with Gasteiger partial charge in [-0.2, -0.15) is 5.26 Å². The van der Waals surface area contributed by atoms with Gasteiger partial charge in [-0.15, -0.1) is 13.2 Å². The van der Waals surface area contributed by atoms with Crippen LogP contribution in [0, 0.1) is 18.3 Å². The minimum Gasteiger partial charge on any atom is -0.403 e. The summed E-state index contributed by atoms with van der Waals surface area (Å²) in [7, 11) is 0. The first-order chi connectivity index (χ1) is 6.44. The molecule has 3 nitrogen and oxygen atoms in total. The Bertz CT molecular complexity index is 381. The van der Waals surface area contributed by atoms with E-state index in [-0.39, 0.29) is 5.56 Å². The van der Waals surface area contributed by atoms with Crippen molar-refractivity contribution in [3.63, 3.8) is 0 Å². The van der Waals surface area contributed by atoms with Gasteiger partial charge in [0.2, 0.25) is 0 Å². The van der Waals surface area contributed by atoms with Gasteiger partial charge in [-0.3, -0.25) is 4.98 Å². The highest BCUT2D eigenvalue weighted by molar-refractivity contribution is 5.45. The van der Waals surface area contributed by atoms with E-state index in [1.54, 1.807) is 6.07 Å². The maximum Gasteiger partial charge on any atom is 0.573 e. The fourth-order valence-electron chi connectivity index (χ4n) is 0.886. The third-order valence-corrected chi connectivity index (χ3v) is 1.44. The molecule has 6 heteroatoms. The van der Waals surface area contributed by atoms with Crippen molar-refractivity contribution >= 4 is 0 Å². The Labute approximate surface area is 77.7 Å². The first kappa shape index (κ1) is 10.3. The molecule has 1 rings (SSSR count). The third kappa shape index (κ3) is 2.36. The standard InChI is InChI=1S/C8H5F3N2O/c1-5-3-13-4-7(6(5)2-12)14-8(9,10)11/h3-4H,1H3. The lowest BCUT2D eigenvalue weighted by Crippen LogP contribution is -2.18. The molecule has 0 aromatic carbocycles. The summed E-state index contributed by atoms with van der Waals surface area (Å²) in [6.45, 7) is 1.48. The Hall–Kier alpha value is -1.77. The van der Waals surface area contributed by atoms with E-state index in [2.05, 4.69) is 9.72 Å². The second-order valence-corrected chi connectivity index (χ2v) is 2.49. The van der Waals surface area contributed by atoms with Crippen LogP contribution in [0.3, 0.4) is 0 Å². The van der Waals surface area contributed by atoms with Gasteiger partial charge in [0, 0.05) is 6.20 Å². The molecule has 1 aromatic heterocycles. The fraction of sp³-hybridized carbons (Fsp3) is 0.250. The number of alkyl halides is 3. The van der Waals surface area contributed by atoms with E-state index in [9.17, 15) is 13.2 Å². The summed E-state index contributed by atoms with van der Waals surface area (Å²) in [6.07, 6.45) is -2.65. The molecule has 0 saturated carbocycles. The van der Waals surface area contributed by atoms with Crippen molar-refractivity contribution in [3.8, 4) is 11.8 Å². The van der Waals surface area contributed by atoms with Crippen LogP contribution in [0.25, 0.3) is 0 Å². The van der Waals surface area contributed by atoms with Crippen molar-refractivity contribution in [3.05, 3.63) is 23.5 Å². The van der Waals surface area contributed by atoms with Gasteiger partial charge in [-0.1, -0.05) is 0 Å². The summed E-state index contributed by atoms with van der Waals surface area (Å²) in [5.41, 5.74) is 0.187. The van der Waals surface area contributed by atoms with E-state index in [0.29, 0.717) is 5.56 Å². The zero-order chi connectivity index (χ0) is 10.8. The SMILES string of the molecule is Cc1cncc(OC(F)(F)F)c1C#N. The average molecular weight is 202 g/mol. The molecule has 0 unspecified atom stereocenters. The zero-order valence-electron chi connectivity index (χ0n) is 7.09. The number of aromatic nitrogens is 1. The average Bonchev–Trinajstić information content (AvgIpc) is 2.01. The second kappa shape index (κ2) is 3.54. The molecule has 0 aliphatic rings. The highest BCUT2D eigenvalue weighted by atomic mass is 19.4. The van der Waals surface area contributed by atoms with Crippen LogP contribution in [0.15, 0.2) is 12.4 Å². The van der Waals surface area contributed by atoms with Crippen LogP contribution < -0.4 is 4.74 Å². The number of ether oxygens (including phenoxy) is 1. The van der Waals surface area contributed by atoms with Crippen molar-refractivity contribution in [2.45, 2.75) is 13.3 Å². The van der Waals surface area contributed by atoms with Crippen LogP contribution in [-0.4, -0.2) is 11.3 Å². The molecule has 1 aromatic rings. The number of nitrogens with zero attached hydrogens (tertiary/aromatic N) is 2. The summed E-state index contributed by atoms with van der Waals surface area (Å²) >= 11 is 0. The zero-order valence-corrected chi connectivity index (χ0v) is 7.09. The first-order valence-corrected chi connectivity index (χ1v) is 3.54. The van der Waals surface area contributed by atoms with Gasteiger partial charge in [0.05, 0.1) is 6.20 Å². The molecule has 0 aliphatic heterocycles. The molecular formula is C8H5F3N2O. The molecule has 0 spiro atoms. The van der Waals surface area contributed by atoms with Gasteiger partial charge in [-0.05, 0) is 12.5 Å². The second-order valence-electron chi connectivity index (χ2n) is 2.49. The number of hydrogen-bond acceptors (Lipinski definition) is 3. The molecule has 0 N–H and O–H groups in total. The normalized spacial score (nSPS) is 10.8. The lowest BCUT2D eigenvalue weighted by Gasteiger charge is -2.10. The number of aryl methyl sites for hydroxylation is 1. The Morgan fingerprint density at radius 3 is 2.57 bits per heavy atom. The molecule has 0 aliphatic carbocycles. The predicted molar refractivity (Wildman–Crippen MR) is 40.4 cm³/mol. The van der Waals surface area contributed by atoms with Gasteiger partial charge in [0.15, 0.2) is 5.75 Å². The molecule has 14 heavy (non-hydrogen) atoms. The number of hydrogen-bond donors (Lipinski definition) is 0. The van der Waals surface area contributed by atoms with Gasteiger partial charge < -0.3 is 4.74 Å². The van der Waals surface area contributed by atoms with Gasteiger partial charge in [-0.25, -0.2) is 0 Å². The quantitative estimate of drug-likeness (QED) is 0.700. The minimum absolute atomic E-state index is 0.155. The highest BCUT2D eigenvalue weighted by Crippen LogP contribution is 2.26. The molecule has 0 amide bonds. The van der Waals surface area contributed by atoms with Crippen LogP contribution in [0.4, 0.5) is 13.2 Å². The van der Waals surface area contributed by atoms with Crippen molar-refractivity contribution in [1.29, 1.82) is 5.26 Å². The highest BCUT2D eigenvalue weighted by Gasteiger charge is 2.32. The first-order valence-electron chi connectivity index (χ1n) is 3.54.